The highest BCUT2D eigenvalue weighted by atomic mass is 16.5. The molecule has 6 heteroatoms. The lowest BCUT2D eigenvalue weighted by atomic mass is 10.1. The maximum atomic E-state index is 12.4. The first-order chi connectivity index (χ1) is 9.56. The van der Waals surface area contributed by atoms with Crippen molar-refractivity contribution in [2.24, 2.45) is 5.92 Å². The van der Waals surface area contributed by atoms with Crippen molar-refractivity contribution < 1.29 is 19.1 Å². The van der Waals surface area contributed by atoms with Gasteiger partial charge in [0.1, 0.15) is 6.54 Å². The number of ether oxygens (including phenoxy) is 1. The molecule has 0 aromatic rings. The van der Waals surface area contributed by atoms with Crippen molar-refractivity contribution in [1.82, 2.24) is 9.80 Å². The minimum Gasteiger partial charge on any atom is -0.465 e. The van der Waals surface area contributed by atoms with E-state index in [0.717, 1.165) is 12.8 Å². The summed E-state index contributed by atoms with van der Waals surface area (Å²) in [6.07, 6.45) is 2.37. The Morgan fingerprint density at radius 3 is 2.60 bits per heavy atom. The topological polar surface area (TPSA) is 66.9 Å². The summed E-state index contributed by atoms with van der Waals surface area (Å²) in [4.78, 5) is 39.0. The second-order valence-corrected chi connectivity index (χ2v) is 5.34. The van der Waals surface area contributed by atoms with Crippen LogP contribution in [0, 0.1) is 5.92 Å². The van der Waals surface area contributed by atoms with Gasteiger partial charge < -0.3 is 14.5 Å². The van der Waals surface area contributed by atoms with Crippen molar-refractivity contribution in [2.75, 3.05) is 26.2 Å². The monoisotopic (exact) mass is 282 g/mol. The fraction of sp³-hybridized carbons (Fsp3) is 0.786. The van der Waals surface area contributed by atoms with Crippen LogP contribution in [0.5, 0.6) is 0 Å². The molecule has 2 fully saturated rings. The van der Waals surface area contributed by atoms with Gasteiger partial charge in [-0.3, -0.25) is 14.4 Å². The average molecular weight is 282 g/mol. The first-order valence-electron chi connectivity index (χ1n) is 7.30. The summed E-state index contributed by atoms with van der Waals surface area (Å²) in [6, 6.07) is 0.348. The number of carbonyl (C=O) groups is 3. The van der Waals surface area contributed by atoms with Crippen molar-refractivity contribution in [3.8, 4) is 0 Å². The maximum Gasteiger partial charge on any atom is 0.325 e. The van der Waals surface area contributed by atoms with E-state index < -0.39 is 5.97 Å². The summed E-state index contributed by atoms with van der Waals surface area (Å²) in [5.74, 6) is -0.751. The standard InChI is InChI=1S/C14H22N2O4/c1-3-15(9-13(18)20-4-2)14(19)10-7-12(17)16(8-10)11-5-6-11/h10-11H,3-9H2,1-2H3. The highest BCUT2D eigenvalue weighted by Crippen LogP contribution is 2.33. The van der Waals surface area contributed by atoms with Crippen molar-refractivity contribution in [3.05, 3.63) is 0 Å². The molecule has 112 valence electrons. The molecule has 1 atom stereocenters. The summed E-state index contributed by atoms with van der Waals surface area (Å²) >= 11 is 0. The van der Waals surface area contributed by atoms with E-state index in [1.54, 1.807) is 6.92 Å². The van der Waals surface area contributed by atoms with Gasteiger partial charge in [0.2, 0.25) is 11.8 Å². The molecule has 1 heterocycles. The molecule has 2 rings (SSSR count). The number of hydrogen-bond donors (Lipinski definition) is 0. The van der Waals surface area contributed by atoms with Gasteiger partial charge in [0.05, 0.1) is 12.5 Å². The quantitative estimate of drug-likeness (QED) is 0.662. The summed E-state index contributed by atoms with van der Waals surface area (Å²) in [6.45, 7) is 4.79. The van der Waals surface area contributed by atoms with E-state index in [-0.39, 0.29) is 30.7 Å². The van der Waals surface area contributed by atoms with Gasteiger partial charge in [-0.25, -0.2) is 0 Å². The van der Waals surface area contributed by atoms with Crippen LogP contribution in [0.1, 0.15) is 33.1 Å². The van der Waals surface area contributed by atoms with E-state index in [2.05, 4.69) is 0 Å². The Labute approximate surface area is 119 Å². The Balaban J connectivity index is 1.91. The van der Waals surface area contributed by atoms with Gasteiger partial charge in [-0.15, -0.1) is 0 Å². The Kier molecular flexibility index (Phi) is 4.62. The zero-order valence-corrected chi connectivity index (χ0v) is 12.1. The number of amides is 2. The van der Waals surface area contributed by atoms with Crippen LogP contribution in [0.2, 0.25) is 0 Å². The molecule has 0 N–H and O–H groups in total. The highest BCUT2D eigenvalue weighted by Gasteiger charge is 2.42. The van der Waals surface area contributed by atoms with Crippen LogP contribution < -0.4 is 0 Å². The predicted molar refractivity (Wildman–Crippen MR) is 71.7 cm³/mol. The zero-order chi connectivity index (χ0) is 14.7. The number of rotatable bonds is 6. The summed E-state index contributed by atoms with van der Waals surface area (Å²) in [7, 11) is 0. The van der Waals surface area contributed by atoms with Gasteiger partial charge in [-0.05, 0) is 26.7 Å². The second-order valence-electron chi connectivity index (χ2n) is 5.34. The molecule has 1 aliphatic heterocycles. The molecule has 0 aromatic heterocycles. The maximum absolute atomic E-state index is 12.4. The molecule has 6 nitrogen and oxygen atoms in total. The minimum absolute atomic E-state index is 0.0305. The van der Waals surface area contributed by atoms with Crippen LogP contribution in [0.25, 0.3) is 0 Å². The molecule has 2 amide bonds. The van der Waals surface area contributed by atoms with Crippen molar-refractivity contribution in [3.63, 3.8) is 0 Å². The van der Waals surface area contributed by atoms with Gasteiger partial charge in [0.15, 0.2) is 0 Å². The van der Waals surface area contributed by atoms with E-state index in [4.69, 9.17) is 4.74 Å². The molecular formula is C14H22N2O4. The number of esters is 1. The third-order valence-corrected chi connectivity index (χ3v) is 3.81. The molecule has 1 aliphatic carbocycles. The third-order valence-electron chi connectivity index (χ3n) is 3.81. The Morgan fingerprint density at radius 2 is 2.05 bits per heavy atom. The van der Waals surface area contributed by atoms with Crippen LogP contribution in [-0.2, 0) is 19.1 Å². The van der Waals surface area contributed by atoms with Gasteiger partial charge in [-0.1, -0.05) is 0 Å². The van der Waals surface area contributed by atoms with Crippen LogP contribution in [0.3, 0.4) is 0 Å². The minimum atomic E-state index is -0.397. The fourth-order valence-corrected chi connectivity index (χ4v) is 2.60. The van der Waals surface area contributed by atoms with Crippen molar-refractivity contribution in [2.45, 2.75) is 39.2 Å². The first-order valence-corrected chi connectivity index (χ1v) is 7.30. The number of carbonyl (C=O) groups excluding carboxylic acids is 3. The summed E-state index contributed by atoms with van der Waals surface area (Å²) in [5.41, 5.74) is 0. The Bertz CT molecular complexity index is 406. The van der Waals surface area contributed by atoms with Crippen LogP contribution in [0.15, 0.2) is 0 Å². The lowest BCUT2D eigenvalue weighted by molar-refractivity contribution is -0.150. The average Bonchev–Trinajstić information content (AvgIpc) is 3.18. The first kappa shape index (κ1) is 14.8. The summed E-state index contributed by atoms with van der Waals surface area (Å²) < 4.78 is 4.87. The molecule has 1 saturated heterocycles. The smallest absolute Gasteiger partial charge is 0.325 e. The van der Waals surface area contributed by atoms with E-state index in [9.17, 15) is 14.4 Å². The molecule has 20 heavy (non-hydrogen) atoms. The van der Waals surface area contributed by atoms with Gasteiger partial charge in [-0.2, -0.15) is 0 Å². The van der Waals surface area contributed by atoms with Gasteiger partial charge in [0, 0.05) is 25.6 Å². The van der Waals surface area contributed by atoms with E-state index in [0.29, 0.717) is 25.7 Å². The Hall–Kier alpha value is -1.59. The fourth-order valence-electron chi connectivity index (χ4n) is 2.60. The molecule has 0 aromatic carbocycles. The molecule has 1 saturated carbocycles. The van der Waals surface area contributed by atoms with Crippen LogP contribution in [0.4, 0.5) is 0 Å². The van der Waals surface area contributed by atoms with Crippen molar-refractivity contribution in [1.29, 1.82) is 0 Å². The molecule has 2 aliphatic rings. The highest BCUT2D eigenvalue weighted by molar-refractivity contribution is 5.91. The molecule has 0 spiro atoms. The largest absolute Gasteiger partial charge is 0.465 e. The molecule has 0 radical (unpaired) electrons. The van der Waals surface area contributed by atoms with E-state index in [1.807, 2.05) is 11.8 Å². The number of hydrogen-bond acceptors (Lipinski definition) is 4. The Morgan fingerprint density at radius 1 is 1.35 bits per heavy atom. The SMILES string of the molecule is CCOC(=O)CN(CC)C(=O)C1CC(=O)N(C2CC2)C1. The second kappa shape index (κ2) is 6.24. The molecule has 1 unspecified atom stereocenters. The van der Waals surface area contributed by atoms with E-state index in [1.165, 1.54) is 4.90 Å². The zero-order valence-electron chi connectivity index (χ0n) is 12.1. The third kappa shape index (κ3) is 3.29. The number of likely N-dealkylation sites (tertiary alicyclic amines) is 1. The molecular weight excluding hydrogens is 260 g/mol. The predicted octanol–water partition coefficient (Wildman–Crippen LogP) is 0.409. The number of nitrogens with zero attached hydrogens (tertiary/aromatic N) is 2. The molecule has 0 bridgehead atoms. The van der Waals surface area contributed by atoms with Gasteiger partial charge >= 0.3 is 5.97 Å². The van der Waals surface area contributed by atoms with E-state index >= 15 is 0 Å². The lowest BCUT2D eigenvalue weighted by Gasteiger charge is -2.23. The normalized spacial score (nSPS) is 22.0. The number of likely N-dealkylation sites (N-methyl/N-ethyl adjacent to an activating group) is 1. The van der Waals surface area contributed by atoms with Crippen molar-refractivity contribution >= 4 is 17.8 Å². The lowest BCUT2D eigenvalue weighted by Crippen LogP contribution is -2.41. The van der Waals surface area contributed by atoms with Gasteiger partial charge in [0.25, 0.3) is 0 Å². The summed E-state index contributed by atoms with van der Waals surface area (Å²) in [5, 5.41) is 0. The van der Waals surface area contributed by atoms with Crippen LogP contribution >= 0.6 is 0 Å². The van der Waals surface area contributed by atoms with Crippen LogP contribution in [-0.4, -0.2) is 59.9 Å².